The number of rotatable bonds is 5. The summed E-state index contributed by atoms with van der Waals surface area (Å²) in [5.41, 5.74) is 0.208. The molecular formula is C17H12BrN3O5. The van der Waals surface area contributed by atoms with E-state index in [0.29, 0.717) is 10.0 Å². The number of nitro groups is 1. The summed E-state index contributed by atoms with van der Waals surface area (Å²) in [6, 6.07) is 9.98. The Morgan fingerprint density at radius 1 is 1.42 bits per heavy atom. The third-order valence-electron chi connectivity index (χ3n) is 3.28. The highest BCUT2D eigenvalue weighted by molar-refractivity contribution is 9.10. The molecule has 0 saturated heterocycles. The number of benzene rings is 2. The molecule has 1 amide bonds. The molecular weight excluding hydrogens is 406 g/mol. The zero-order chi connectivity index (χ0) is 19.3. The highest BCUT2D eigenvalue weighted by Gasteiger charge is 2.14. The second-order valence-corrected chi connectivity index (χ2v) is 5.83. The maximum absolute atomic E-state index is 12.3. The van der Waals surface area contributed by atoms with Crippen molar-refractivity contribution in [3.8, 4) is 17.6 Å². The number of nitrogens with one attached hydrogen (secondary N) is 1. The Morgan fingerprint density at radius 2 is 2.15 bits per heavy atom. The van der Waals surface area contributed by atoms with E-state index in [2.05, 4.69) is 21.2 Å². The Hall–Kier alpha value is -3.38. The number of nitro benzene ring substituents is 1. The van der Waals surface area contributed by atoms with Gasteiger partial charge in [-0.25, -0.2) is 0 Å². The number of anilines is 1. The van der Waals surface area contributed by atoms with E-state index in [4.69, 9.17) is 4.74 Å². The first-order chi connectivity index (χ1) is 12.3. The number of hydrogen-bond acceptors (Lipinski definition) is 6. The summed E-state index contributed by atoms with van der Waals surface area (Å²) in [5, 5.41) is 32.2. The lowest BCUT2D eigenvalue weighted by molar-refractivity contribution is -0.384. The Balaban J connectivity index is 2.32. The number of phenols is 1. The summed E-state index contributed by atoms with van der Waals surface area (Å²) in [6.07, 6.45) is 1.30. The molecule has 2 N–H and O–H groups in total. The van der Waals surface area contributed by atoms with Crippen molar-refractivity contribution in [2.45, 2.75) is 0 Å². The number of carbonyl (C=O) groups excluding carboxylic acids is 1. The predicted octanol–water partition coefficient (Wildman–Crippen LogP) is 3.62. The molecule has 0 spiro atoms. The van der Waals surface area contributed by atoms with Crippen molar-refractivity contribution in [3.05, 3.63) is 62.1 Å². The number of nitriles is 1. The van der Waals surface area contributed by atoms with E-state index < -0.39 is 10.8 Å². The molecule has 0 aromatic heterocycles. The van der Waals surface area contributed by atoms with Crippen LogP contribution in [0.25, 0.3) is 6.08 Å². The number of carbonyl (C=O) groups is 1. The fraction of sp³-hybridized carbons (Fsp3) is 0.0588. The first kappa shape index (κ1) is 19.0. The van der Waals surface area contributed by atoms with Gasteiger partial charge in [-0.3, -0.25) is 14.9 Å². The molecule has 2 rings (SSSR count). The van der Waals surface area contributed by atoms with Gasteiger partial charge in [0.2, 0.25) is 0 Å². The molecule has 0 fully saturated rings. The first-order valence-electron chi connectivity index (χ1n) is 7.09. The summed E-state index contributed by atoms with van der Waals surface area (Å²) in [7, 11) is 1.37. The van der Waals surface area contributed by atoms with Crippen LogP contribution in [0, 0.1) is 21.4 Å². The van der Waals surface area contributed by atoms with Crippen molar-refractivity contribution in [2.24, 2.45) is 0 Å². The molecule has 26 heavy (non-hydrogen) atoms. The predicted molar refractivity (Wildman–Crippen MR) is 97.7 cm³/mol. The van der Waals surface area contributed by atoms with Crippen LogP contribution in [0.4, 0.5) is 11.4 Å². The summed E-state index contributed by atoms with van der Waals surface area (Å²) in [4.78, 5) is 22.5. The maximum Gasteiger partial charge on any atom is 0.271 e. The van der Waals surface area contributed by atoms with E-state index in [1.165, 1.54) is 49.6 Å². The smallest absolute Gasteiger partial charge is 0.271 e. The van der Waals surface area contributed by atoms with Crippen LogP contribution < -0.4 is 10.1 Å². The van der Waals surface area contributed by atoms with Crippen molar-refractivity contribution in [1.29, 1.82) is 5.26 Å². The molecule has 0 heterocycles. The molecule has 0 saturated carbocycles. The molecule has 0 unspecified atom stereocenters. The van der Waals surface area contributed by atoms with E-state index in [-0.39, 0.29) is 28.4 Å². The van der Waals surface area contributed by atoms with Crippen LogP contribution in [0.15, 0.2) is 46.4 Å². The van der Waals surface area contributed by atoms with Crippen LogP contribution in [0.5, 0.6) is 11.5 Å². The number of hydrogen-bond donors (Lipinski definition) is 2. The van der Waals surface area contributed by atoms with Gasteiger partial charge in [-0.15, -0.1) is 0 Å². The Morgan fingerprint density at radius 3 is 2.77 bits per heavy atom. The number of phenolic OH excluding ortho intramolecular Hbond substituents is 1. The number of methoxy groups -OCH3 is 1. The van der Waals surface area contributed by atoms with Crippen LogP contribution in [0.2, 0.25) is 0 Å². The quantitative estimate of drug-likeness (QED) is 0.331. The van der Waals surface area contributed by atoms with Crippen molar-refractivity contribution < 1.29 is 19.6 Å². The lowest BCUT2D eigenvalue weighted by Gasteiger charge is -2.08. The Labute approximate surface area is 156 Å². The van der Waals surface area contributed by atoms with Crippen molar-refractivity contribution in [2.75, 3.05) is 12.4 Å². The van der Waals surface area contributed by atoms with Gasteiger partial charge < -0.3 is 15.2 Å². The lowest BCUT2D eigenvalue weighted by Crippen LogP contribution is -2.13. The maximum atomic E-state index is 12.3. The van der Waals surface area contributed by atoms with E-state index in [1.807, 2.05) is 0 Å². The average molecular weight is 418 g/mol. The number of halogens is 1. The number of aromatic hydroxyl groups is 1. The zero-order valence-electron chi connectivity index (χ0n) is 13.4. The van der Waals surface area contributed by atoms with Gasteiger partial charge in [-0.2, -0.15) is 5.26 Å². The molecule has 2 aromatic rings. The van der Waals surface area contributed by atoms with E-state index in [9.17, 15) is 25.3 Å². The minimum atomic E-state index is -0.730. The number of non-ortho nitro benzene ring substituents is 1. The summed E-state index contributed by atoms with van der Waals surface area (Å²) >= 11 is 3.23. The topological polar surface area (TPSA) is 125 Å². The van der Waals surface area contributed by atoms with E-state index in [1.54, 1.807) is 6.07 Å². The Bertz CT molecular complexity index is 950. The van der Waals surface area contributed by atoms with Gasteiger partial charge in [0.1, 0.15) is 11.6 Å². The molecule has 0 aliphatic heterocycles. The number of amides is 1. The van der Waals surface area contributed by atoms with Gasteiger partial charge in [0.25, 0.3) is 11.6 Å². The van der Waals surface area contributed by atoms with Gasteiger partial charge in [-0.1, -0.05) is 22.0 Å². The SMILES string of the molecule is COc1cc(/C=C(\C#N)C(=O)Nc2cccc([N+](=O)[O-])c2)c(Br)cc1O. The standard InChI is InChI=1S/C17H12BrN3O5/c1-26-16-6-10(14(18)8-15(16)22)5-11(9-19)17(23)20-12-3-2-4-13(7-12)21(24)25/h2-8,22H,1H3,(H,20,23)/b11-5+. The lowest BCUT2D eigenvalue weighted by atomic mass is 10.1. The fourth-order valence-corrected chi connectivity index (χ4v) is 2.48. The molecule has 0 radical (unpaired) electrons. The second-order valence-electron chi connectivity index (χ2n) is 4.98. The highest BCUT2D eigenvalue weighted by atomic mass is 79.9. The number of ether oxygens (including phenoxy) is 1. The molecule has 0 bridgehead atoms. The van der Waals surface area contributed by atoms with Crippen LogP contribution in [0.3, 0.4) is 0 Å². The van der Waals surface area contributed by atoms with Crippen LogP contribution >= 0.6 is 15.9 Å². The van der Waals surface area contributed by atoms with Gasteiger partial charge >= 0.3 is 0 Å². The summed E-state index contributed by atoms with van der Waals surface area (Å²) in [6.45, 7) is 0. The fourth-order valence-electron chi connectivity index (χ4n) is 2.03. The normalized spacial score (nSPS) is 10.7. The molecule has 132 valence electrons. The van der Waals surface area contributed by atoms with Gasteiger partial charge in [-0.05, 0) is 29.8 Å². The first-order valence-corrected chi connectivity index (χ1v) is 7.89. The largest absolute Gasteiger partial charge is 0.504 e. The van der Waals surface area contributed by atoms with Crippen LogP contribution in [0.1, 0.15) is 5.56 Å². The summed E-state index contributed by atoms with van der Waals surface area (Å²) < 4.78 is 5.45. The zero-order valence-corrected chi connectivity index (χ0v) is 15.0. The minimum Gasteiger partial charge on any atom is -0.504 e. The molecule has 2 aromatic carbocycles. The van der Waals surface area contributed by atoms with Crippen molar-refractivity contribution >= 4 is 39.3 Å². The average Bonchev–Trinajstić information content (AvgIpc) is 2.61. The van der Waals surface area contributed by atoms with Crippen LogP contribution in [-0.2, 0) is 4.79 Å². The van der Waals surface area contributed by atoms with Gasteiger partial charge in [0, 0.05) is 22.3 Å². The highest BCUT2D eigenvalue weighted by Crippen LogP contribution is 2.33. The molecule has 0 aliphatic carbocycles. The third kappa shape index (κ3) is 4.37. The summed E-state index contributed by atoms with van der Waals surface area (Å²) in [5.74, 6) is -0.654. The van der Waals surface area contributed by atoms with Crippen LogP contribution in [-0.4, -0.2) is 23.0 Å². The number of nitrogens with zero attached hydrogens (tertiary/aromatic N) is 2. The third-order valence-corrected chi connectivity index (χ3v) is 3.96. The molecule has 8 nitrogen and oxygen atoms in total. The monoisotopic (exact) mass is 417 g/mol. The van der Waals surface area contributed by atoms with E-state index in [0.717, 1.165) is 0 Å². The minimum absolute atomic E-state index is 0.101. The Kier molecular flexibility index (Phi) is 5.93. The van der Waals surface area contributed by atoms with Gasteiger partial charge in [0.15, 0.2) is 11.5 Å². The van der Waals surface area contributed by atoms with Crippen molar-refractivity contribution in [3.63, 3.8) is 0 Å². The van der Waals surface area contributed by atoms with Crippen molar-refractivity contribution in [1.82, 2.24) is 0 Å². The molecule has 9 heteroatoms. The second kappa shape index (κ2) is 8.13. The molecule has 0 atom stereocenters. The molecule has 0 aliphatic rings. The van der Waals surface area contributed by atoms with Gasteiger partial charge in [0.05, 0.1) is 12.0 Å². The van der Waals surface area contributed by atoms with E-state index >= 15 is 0 Å².